The maximum absolute atomic E-state index is 13.8. The van der Waals surface area contributed by atoms with Gasteiger partial charge in [0.25, 0.3) is 0 Å². The topological polar surface area (TPSA) is 55.7 Å². The molecule has 1 saturated heterocycles. The van der Waals surface area contributed by atoms with E-state index in [1.165, 1.54) is 31.2 Å². The highest BCUT2D eigenvalue weighted by molar-refractivity contribution is 5.85. The fourth-order valence-electron chi connectivity index (χ4n) is 4.74. The molecule has 226 valence electrons. The zero-order valence-electron chi connectivity index (χ0n) is 22.5. The summed E-state index contributed by atoms with van der Waals surface area (Å²) >= 11 is 0. The molecule has 3 atom stereocenters. The lowest BCUT2D eigenvalue weighted by Crippen LogP contribution is -2.46. The van der Waals surface area contributed by atoms with Crippen molar-refractivity contribution in [1.29, 1.82) is 0 Å². The molecule has 1 aliphatic rings. The van der Waals surface area contributed by atoms with Crippen molar-refractivity contribution in [2.24, 2.45) is 7.05 Å². The molecule has 1 aromatic heterocycles. The number of anilines is 1. The first kappa shape index (κ1) is 32.6. The molecule has 0 radical (unpaired) electrons. The number of nitrogens with zero attached hydrogens (tertiary/aromatic N) is 5. The van der Waals surface area contributed by atoms with Gasteiger partial charge in [0, 0.05) is 34.2 Å². The van der Waals surface area contributed by atoms with E-state index in [1.54, 1.807) is 11.7 Å². The fraction of sp³-hybridized carbons (Fsp3) is 0.462. The SMILES string of the molecule is C[C@@H](O[C@H]1OCCN(Cc2nnn(C)c2N(C)C)[C@H]1c1ccc(F)cc1)c1cc(C(F)(F)F)cc(C(F)(F)F)c1.Cl. The Hall–Kier alpha value is -2.94. The van der Waals surface area contributed by atoms with Gasteiger partial charge in [-0.2, -0.15) is 26.3 Å². The van der Waals surface area contributed by atoms with E-state index in [2.05, 4.69) is 10.3 Å². The van der Waals surface area contributed by atoms with Crippen LogP contribution in [0.3, 0.4) is 0 Å². The largest absolute Gasteiger partial charge is 0.416 e. The zero-order valence-corrected chi connectivity index (χ0v) is 23.3. The molecule has 0 bridgehead atoms. The molecule has 15 heteroatoms. The van der Waals surface area contributed by atoms with Gasteiger partial charge in [0.1, 0.15) is 11.5 Å². The molecule has 0 amide bonds. The third kappa shape index (κ3) is 7.48. The lowest BCUT2D eigenvalue weighted by Gasteiger charge is -2.42. The van der Waals surface area contributed by atoms with E-state index in [9.17, 15) is 30.7 Å². The van der Waals surface area contributed by atoms with Gasteiger partial charge in [-0.15, -0.1) is 17.5 Å². The second-order valence-electron chi connectivity index (χ2n) is 9.70. The highest BCUT2D eigenvalue weighted by Crippen LogP contribution is 2.40. The Bertz CT molecular complexity index is 1280. The van der Waals surface area contributed by atoms with E-state index in [-0.39, 0.29) is 37.2 Å². The van der Waals surface area contributed by atoms with Crippen LogP contribution in [0.2, 0.25) is 0 Å². The van der Waals surface area contributed by atoms with Crippen molar-refractivity contribution in [2.75, 3.05) is 32.1 Å². The van der Waals surface area contributed by atoms with E-state index in [1.807, 2.05) is 23.9 Å². The van der Waals surface area contributed by atoms with Gasteiger partial charge in [0.15, 0.2) is 12.1 Å². The number of hydrogen-bond donors (Lipinski definition) is 0. The molecule has 1 fully saturated rings. The molecule has 4 rings (SSSR count). The summed E-state index contributed by atoms with van der Waals surface area (Å²) in [4.78, 5) is 3.78. The summed E-state index contributed by atoms with van der Waals surface area (Å²) < 4.78 is 108. The highest BCUT2D eigenvalue weighted by atomic mass is 35.5. The first-order chi connectivity index (χ1) is 18.6. The van der Waals surface area contributed by atoms with Gasteiger partial charge in [-0.05, 0) is 48.4 Å². The summed E-state index contributed by atoms with van der Waals surface area (Å²) in [5.41, 5.74) is -1.99. The zero-order chi connectivity index (χ0) is 29.4. The summed E-state index contributed by atoms with van der Waals surface area (Å²) in [6, 6.07) is 6.20. The Labute approximate surface area is 238 Å². The number of halogens is 8. The second kappa shape index (κ2) is 12.5. The van der Waals surface area contributed by atoms with Crippen molar-refractivity contribution in [3.05, 3.63) is 76.2 Å². The van der Waals surface area contributed by atoms with E-state index in [0.29, 0.717) is 29.9 Å². The van der Waals surface area contributed by atoms with Crippen LogP contribution in [-0.2, 0) is 35.4 Å². The van der Waals surface area contributed by atoms with E-state index in [4.69, 9.17) is 9.47 Å². The molecule has 2 heterocycles. The summed E-state index contributed by atoms with van der Waals surface area (Å²) in [5, 5.41) is 8.33. The molecular weight excluding hydrogens is 583 g/mol. The minimum Gasteiger partial charge on any atom is -0.361 e. The molecule has 7 nitrogen and oxygen atoms in total. The van der Waals surface area contributed by atoms with Crippen molar-refractivity contribution in [3.8, 4) is 0 Å². The second-order valence-corrected chi connectivity index (χ2v) is 9.70. The van der Waals surface area contributed by atoms with Crippen molar-refractivity contribution in [1.82, 2.24) is 19.9 Å². The van der Waals surface area contributed by atoms with Crippen LogP contribution < -0.4 is 4.90 Å². The Morgan fingerprint density at radius 2 is 1.61 bits per heavy atom. The maximum atomic E-state index is 13.8. The summed E-state index contributed by atoms with van der Waals surface area (Å²) in [7, 11) is 5.40. The van der Waals surface area contributed by atoms with Gasteiger partial charge in [-0.3, -0.25) is 4.90 Å². The highest BCUT2D eigenvalue weighted by Gasteiger charge is 2.39. The predicted molar refractivity (Wildman–Crippen MR) is 138 cm³/mol. The molecular formula is C26H29ClF7N5O2. The van der Waals surface area contributed by atoms with Gasteiger partial charge >= 0.3 is 12.4 Å². The molecule has 3 aromatic rings. The third-order valence-corrected chi connectivity index (χ3v) is 6.58. The van der Waals surface area contributed by atoms with Crippen LogP contribution in [0.5, 0.6) is 0 Å². The molecule has 0 N–H and O–H groups in total. The van der Waals surface area contributed by atoms with Crippen LogP contribution in [0.15, 0.2) is 42.5 Å². The van der Waals surface area contributed by atoms with Crippen molar-refractivity contribution in [2.45, 2.75) is 44.3 Å². The first-order valence-corrected chi connectivity index (χ1v) is 12.3. The molecule has 2 aromatic carbocycles. The Balaban J connectivity index is 0.00000462. The van der Waals surface area contributed by atoms with Gasteiger partial charge in [0.05, 0.1) is 29.9 Å². The van der Waals surface area contributed by atoms with Gasteiger partial charge in [-0.1, -0.05) is 17.3 Å². The summed E-state index contributed by atoms with van der Waals surface area (Å²) in [5.74, 6) is 0.254. The minimum atomic E-state index is -4.99. The van der Waals surface area contributed by atoms with Crippen LogP contribution in [0.25, 0.3) is 0 Å². The quantitative estimate of drug-likeness (QED) is 0.299. The van der Waals surface area contributed by atoms with Crippen molar-refractivity contribution in [3.63, 3.8) is 0 Å². The van der Waals surface area contributed by atoms with Crippen molar-refractivity contribution < 1.29 is 40.2 Å². The molecule has 0 saturated carbocycles. The average molecular weight is 612 g/mol. The monoisotopic (exact) mass is 611 g/mol. The van der Waals surface area contributed by atoms with E-state index >= 15 is 0 Å². The molecule has 41 heavy (non-hydrogen) atoms. The van der Waals surface area contributed by atoms with Crippen LogP contribution >= 0.6 is 12.4 Å². The van der Waals surface area contributed by atoms with Gasteiger partial charge in [0.2, 0.25) is 0 Å². The maximum Gasteiger partial charge on any atom is 0.416 e. The van der Waals surface area contributed by atoms with E-state index < -0.39 is 47.7 Å². The first-order valence-electron chi connectivity index (χ1n) is 12.3. The summed E-state index contributed by atoms with van der Waals surface area (Å²) in [6.45, 7) is 2.17. The minimum absolute atomic E-state index is 0. The smallest absolute Gasteiger partial charge is 0.361 e. The van der Waals surface area contributed by atoms with Crippen LogP contribution in [0, 0.1) is 5.82 Å². The predicted octanol–water partition coefficient (Wildman–Crippen LogP) is 6.16. The number of aryl methyl sites for hydroxylation is 1. The lowest BCUT2D eigenvalue weighted by atomic mass is 10.0. The van der Waals surface area contributed by atoms with Gasteiger partial charge < -0.3 is 14.4 Å². The molecule has 0 unspecified atom stereocenters. The molecule has 0 aliphatic carbocycles. The van der Waals surface area contributed by atoms with Gasteiger partial charge in [-0.25, -0.2) is 9.07 Å². The standard InChI is InChI=1S/C26H28F7N5O2.ClH/c1-15(17-11-18(25(28,29)30)13-19(12-17)26(31,32)33)40-24-22(16-5-7-20(27)8-6-16)38(9-10-39-24)14-21-23(36(2)3)37(4)35-34-21;/h5-8,11-13,15,22,24H,9-10,14H2,1-4H3;1H/t15-,22+,24-;/m1./s1. The molecule has 0 spiro atoms. The Kier molecular flexibility index (Phi) is 9.94. The number of rotatable bonds is 7. The molecule has 1 aliphatic heterocycles. The number of hydrogen-bond acceptors (Lipinski definition) is 6. The number of ether oxygens (including phenoxy) is 2. The number of aromatic nitrogens is 3. The Morgan fingerprint density at radius 3 is 2.15 bits per heavy atom. The van der Waals surface area contributed by atoms with Crippen LogP contribution in [-0.4, -0.2) is 53.4 Å². The lowest BCUT2D eigenvalue weighted by molar-refractivity contribution is -0.231. The normalized spacial score (nSPS) is 19.1. The van der Waals surface area contributed by atoms with Crippen LogP contribution in [0.4, 0.5) is 36.6 Å². The number of benzene rings is 2. The average Bonchev–Trinajstić information content (AvgIpc) is 3.23. The number of morpholine rings is 1. The van der Waals surface area contributed by atoms with Crippen LogP contribution in [0.1, 0.15) is 47.0 Å². The fourth-order valence-corrected chi connectivity index (χ4v) is 4.74. The third-order valence-electron chi connectivity index (χ3n) is 6.58. The Morgan fingerprint density at radius 1 is 1.02 bits per heavy atom. The van der Waals surface area contributed by atoms with E-state index in [0.717, 1.165) is 5.82 Å². The number of alkyl halides is 6. The summed E-state index contributed by atoms with van der Waals surface area (Å²) in [6.07, 6.45) is -12.3. The van der Waals surface area contributed by atoms with Crippen molar-refractivity contribution >= 4 is 18.2 Å².